The lowest BCUT2D eigenvalue weighted by atomic mass is 10.1. The average Bonchev–Trinajstić information content (AvgIpc) is 3.10. The maximum absolute atomic E-state index is 12.7. The van der Waals surface area contributed by atoms with E-state index in [2.05, 4.69) is 10.0 Å². The molecule has 1 aliphatic heterocycles. The van der Waals surface area contributed by atoms with E-state index in [4.69, 9.17) is 0 Å². The summed E-state index contributed by atoms with van der Waals surface area (Å²) in [4.78, 5) is 27.0. The molecule has 1 atom stereocenters. The maximum Gasteiger partial charge on any atom is 0.240 e. The van der Waals surface area contributed by atoms with E-state index >= 15 is 0 Å². The standard InChI is InChI=1S/C21H25N3O4S/c1-3-15-7-5-6-8-19(15)24-14-16(13-20(24)25)21(26)23-17-9-11-18(12-10-17)29(27,28)22-4-2/h5-12,16,22H,3-4,13-14H2,1-2H3,(H,23,26). The zero-order valence-corrected chi connectivity index (χ0v) is 17.3. The molecule has 0 aliphatic carbocycles. The summed E-state index contributed by atoms with van der Waals surface area (Å²) in [6, 6.07) is 13.7. The Morgan fingerprint density at radius 3 is 2.45 bits per heavy atom. The van der Waals surface area contributed by atoms with Crippen molar-refractivity contribution in [3.8, 4) is 0 Å². The van der Waals surface area contributed by atoms with Crippen LogP contribution in [0.3, 0.4) is 0 Å². The van der Waals surface area contributed by atoms with Gasteiger partial charge in [-0.1, -0.05) is 32.0 Å². The number of rotatable bonds is 7. The Labute approximate surface area is 171 Å². The molecule has 0 spiro atoms. The molecule has 2 aromatic carbocycles. The van der Waals surface area contributed by atoms with Gasteiger partial charge in [-0.2, -0.15) is 0 Å². The minimum atomic E-state index is -3.54. The first-order valence-corrected chi connectivity index (χ1v) is 11.1. The first-order valence-electron chi connectivity index (χ1n) is 9.64. The molecule has 0 aromatic heterocycles. The zero-order chi connectivity index (χ0) is 21.0. The summed E-state index contributed by atoms with van der Waals surface area (Å²) < 4.78 is 26.4. The lowest BCUT2D eigenvalue weighted by molar-refractivity contribution is -0.122. The summed E-state index contributed by atoms with van der Waals surface area (Å²) in [6.45, 7) is 4.36. The summed E-state index contributed by atoms with van der Waals surface area (Å²) >= 11 is 0. The fourth-order valence-electron chi connectivity index (χ4n) is 3.42. The van der Waals surface area contributed by atoms with Crippen LogP contribution >= 0.6 is 0 Å². The normalized spacial score (nSPS) is 16.8. The number of hydrogen-bond donors (Lipinski definition) is 2. The summed E-state index contributed by atoms with van der Waals surface area (Å²) in [6.07, 6.45) is 0.954. The highest BCUT2D eigenvalue weighted by Crippen LogP contribution is 2.29. The van der Waals surface area contributed by atoms with Crippen LogP contribution in [0.1, 0.15) is 25.8 Å². The van der Waals surface area contributed by atoms with Crippen LogP contribution in [0.5, 0.6) is 0 Å². The van der Waals surface area contributed by atoms with Gasteiger partial charge < -0.3 is 10.2 Å². The van der Waals surface area contributed by atoms with Gasteiger partial charge in [-0.15, -0.1) is 0 Å². The summed E-state index contributed by atoms with van der Waals surface area (Å²) in [5.41, 5.74) is 2.41. The number of hydrogen-bond acceptors (Lipinski definition) is 4. The Kier molecular flexibility index (Phi) is 6.34. The molecule has 8 heteroatoms. The molecule has 0 saturated carbocycles. The minimum absolute atomic E-state index is 0.0712. The molecule has 1 saturated heterocycles. The van der Waals surface area contributed by atoms with Crippen molar-refractivity contribution in [1.29, 1.82) is 0 Å². The fourth-order valence-corrected chi connectivity index (χ4v) is 4.47. The van der Waals surface area contributed by atoms with Gasteiger partial charge in [0.15, 0.2) is 0 Å². The highest BCUT2D eigenvalue weighted by atomic mass is 32.2. The molecule has 2 amide bonds. The smallest absolute Gasteiger partial charge is 0.240 e. The minimum Gasteiger partial charge on any atom is -0.326 e. The number of nitrogens with one attached hydrogen (secondary N) is 2. The predicted octanol–water partition coefficient (Wildman–Crippen LogP) is 2.54. The van der Waals surface area contributed by atoms with Gasteiger partial charge in [-0.05, 0) is 42.3 Å². The van der Waals surface area contributed by atoms with Crippen LogP contribution in [-0.2, 0) is 26.0 Å². The number of anilines is 2. The Balaban J connectivity index is 1.68. The molecule has 3 rings (SSSR count). The van der Waals surface area contributed by atoms with E-state index in [-0.39, 0.29) is 23.1 Å². The van der Waals surface area contributed by atoms with Crippen molar-refractivity contribution in [2.45, 2.75) is 31.6 Å². The topological polar surface area (TPSA) is 95.6 Å². The number of sulfonamides is 1. The SMILES string of the molecule is CCNS(=O)(=O)c1ccc(NC(=O)C2CC(=O)N(c3ccccc3CC)C2)cc1. The average molecular weight is 416 g/mol. The first kappa shape index (κ1) is 21.0. The van der Waals surface area contributed by atoms with Crippen molar-refractivity contribution < 1.29 is 18.0 Å². The Morgan fingerprint density at radius 2 is 1.79 bits per heavy atom. The molecule has 2 N–H and O–H groups in total. The number of para-hydroxylation sites is 1. The van der Waals surface area contributed by atoms with Crippen molar-refractivity contribution in [2.24, 2.45) is 5.92 Å². The highest BCUT2D eigenvalue weighted by Gasteiger charge is 2.35. The summed E-state index contributed by atoms with van der Waals surface area (Å²) in [5, 5.41) is 2.78. The first-order chi connectivity index (χ1) is 13.9. The Bertz CT molecular complexity index is 1000. The van der Waals surface area contributed by atoms with Crippen molar-refractivity contribution in [3.63, 3.8) is 0 Å². The van der Waals surface area contributed by atoms with Crippen LogP contribution < -0.4 is 14.9 Å². The predicted molar refractivity (Wildman–Crippen MR) is 112 cm³/mol. The number of benzene rings is 2. The summed E-state index contributed by atoms with van der Waals surface area (Å²) in [7, 11) is -3.54. The van der Waals surface area contributed by atoms with Gasteiger partial charge in [0.05, 0.1) is 10.8 Å². The lowest BCUT2D eigenvalue weighted by Gasteiger charge is -2.20. The van der Waals surface area contributed by atoms with E-state index in [1.807, 2.05) is 31.2 Å². The van der Waals surface area contributed by atoms with E-state index in [1.54, 1.807) is 24.0 Å². The van der Waals surface area contributed by atoms with Crippen LogP contribution in [0.15, 0.2) is 53.4 Å². The van der Waals surface area contributed by atoms with Crippen molar-refractivity contribution in [3.05, 3.63) is 54.1 Å². The van der Waals surface area contributed by atoms with Crippen molar-refractivity contribution >= 4 is 33.2 Å². The molecule has 1 heterocycles. The molecular weight excluding hydrogens is 390 g/mol. The second-order valence-corrected chi connectivity index (χ2v) is 8.67. The highest BCUT2D eigenvalue weighted by molar-refractivity contribution is 7.89. The van der Waals surface area contributed by atoms with E-state index in [0.717, 1.165) is 17.7 Å². The lowest BCUT2D eigenvalue weighted by Crippen LogP contribution is -2.28. The molecule has 7 nitrogen and oxygen atoms in total. The maximum atomic E-state index is 12.7. The van der Waals surface area contributed by atoms with E-state index < -0.39 is 15.9 Å². The Morgan fingerprint density at radius 1 is 1.10 bits per heavy atom. The van der Waals surface area contributed by atoms with Crippen LogP contribution in [-0.4, -0.2) is 33.3 Å². The molecule has 1 aliphatic rings. The van der Waals surface area contributed by atoms with Crippen LogP contribution in [0.4, 0.5) is 11.4 Å². The summed E-state index contributed by atoms with van der Waals surface area (Å²) in [5.74, 6) is -0.784. The second-order valence-electron chi connectivity index (χ2n) is 6.90. The van der Waals surface area contributed by atoms with E-state index in [0.29, 0.717) is 18.8 Å². The van der Waals surface area contributed by atoms with Crippen LogP contribution in [0, 0.1) is 5.92 Å². The molecule has 2 aromatic rings. The zero-order valence-electron chi connectivity index (χ0n) is 16.5. The third-order valence-electron chi connectivity index (χ3n) is 4.93. The van der Waals surface area contributed by atoms with Crippen LogP contribution in [0.2, 0.25) is 0 Å². The molecule has 154 valence electrons. The van der Waals surface area contributed by atoms with E-state index in [9.17, 15) is 18.0 Å². The third-order valence-corrected chi connectivity index (χ3v) is 6.49. The fraction of sp³-hybridized carbons (Fsp3) is 0.333. The van der Waals surface area contributed by atoms with Gasteiger partial charge >= 0.3 is 0 Å². The number of carbonyl (C=O) groups is 2. The largest absolute Gasteiger partial charge is 0.326 e. The quantitative estimate of drug-likeness (QED) is 0.726. The molecular formula is C21H25N3O4S. The molecule has 1 fully saturated rings. The molecule has 1 unspecified atom stereocenters. The Hall–Kier alpha value is -2.71. The van der Waals surface area contributed by atoms with Crippen LogP contribution in [0.25, 0.3) is 0 Å². The molecule has 0 bridgehead atoms. The van der Waals surface area contributed by atoms with Crippen molar-refractivity contribution in [2.75, 3.05) is 23.3 Å². The van der Waals surface area contributed by atoms with Gasteiger partial charge in [0.1, 0.15) is 0 Å². The van der Waals surface area contributed by atoms with Gasteiger partial charge in [0.2, 0.25) is 21.8 Å². The van der Waals surface area contributed by atoms with Gasteiger partial charge in [0.25, 0.3) is 0 Å². The second kappa shape index (κ2) is 8.75. The number of amides is 2. The molecule has 0 radical (unpaired) electrons. The van der Waals surface area contributed by atoms with Crippen molar-refractivity contribution in [1.82, 2.24) is 4.72 Å². The monoisotopic (exact) mass is 415 g/mol. The van der Waals surface area contributed by atoms with Gasteiger partial charge in [-0.25, -0.2) is 13.1 Å². The third kappa shape index (κ3) is 4.65. The van der Waals surface area contributed by atoms with E-state index in [1.165, 1.54) is 12.1 Å². The van der Waals surface area contributed by atoms with Gasteiger partial charge in [-0.3, -0.25) is 9.59 Å². The molecule has 29 heavy (non-hydrogen) atoms. The number of carbonyl (C=O) groups excluding carboxylic acids is 2. The number of nitrogens with zero attached hydrogens (tertiary/aromatic N) is 1. The number of aryl methyl sites for hydroxylation is 1. The van der Waals surface area contributed by atoms with Gasteiger partial charge in [0, 0.05) is 30.9 Å².